The summed E-state index contributed by atoms with van der Waals surface area (Å²) < 4.78 is 24.5. The molecule has 8 heteroatoms. The van der Waals surface area contributed by atoms with Crippen molar-refractivity contribution in [2.75, 3.05) is 45.5 Å². The van der Waals surface area contributed by atoms with E-state index >= 15 is 0 Å². The zero-order chi connectivity index (χ0) is 17.0. The van der Waals surface area contributed by atoms with Crippen LogP contribution in [0.2, 0.25) is 0 Å². The maximum Gasteiger partial charge on any atom is 0.225 e. The molecule has 2 aliphatic rings. The number of carbonyl (C=O) groups excluding carboxylic acids is 2. The minimum absolute atomic E-state index is 0.0959. The molecule has 2 amide bonds. The molecule has 0 saturated carbocycles. The lowest BCUT2D eigenvalue weighted by atomic mass is 9.96. The van der Waals surface area contributed by atoms with E-state index < -0.39 is 10.0 Å². The molecule has 2 aliphatic heterocycles. The van der Waals surface area contributed by atoms with Crippen molar-refractivity contribution in [1.29, 1.82) is 0 Å². The molecular formula is C15H27N3O4S. The van der Waals surface area contributed by atoms with E-state index in [2.05, 4.69) is 0 Å². The van der Waals surface area contributed by atoms with E-state index in [1.54, 1.807) is 0 Å². The summed E-state index contributed by atoms with van der Waals surface area (Å²) in [6.07, 6.45) is 3.68. The molecule has 7 nitrogen and oxygen atoms in total. The van der Waals surface area contributed by atoms with Gasteiger partial charge in [-0.3, -0.25) is 9.59 Å². The zero-order valence-corrected chi connectivity index (χ0v) is 14.8. The Bertz CT molecular complexity index is 541. The predicted molar refractivity (Wildman–Crippen MR) is 87.2 cm³/mol. The maximum atomic E-state index is 12.7. The van der Waals surface area contributed by atoms with Crippen LogP contribution < -0.4 is 0 Å². The van der Waals surface area contributed by atoms with Crippen LogP contribution in [0.25, 0.3) is 0 Å². The van der Waals surface area contributed by atoms with Crippen LogP contribution in [0, 0.1) is 5.92 Å². The van der Waals surface area contributed by atoms with Crippen LogP contribution in [0.4, 0.5) is 0 Å². The topological polar surface area (TPSA) is 78.0 Å². The van der Waals surface area contributed by atoms with Gasteiger partial charge in [-0.15, -0.1) is 0 Å². The van der Waals surface area contributed by atoms with Gasteiger partial charge in [-0.1, -0.05) is 6.92 Å². The van der Waals surface area contributed by atoms with E-state index in [9.17, 15) is 18.0 Å². The summed E-state index contributed by atoms with van der Waals surface area (Å²) in [7, 11) is -3.16. The van der Waals surface area contributed by atoms with E-state index in [0.717, 1.165) is 6.42 Å². The summed E-state index contributed by atoms with van der Waals surface area (Å²) in [6, 6.07) is 0. The molecule has 0 spiro atoms. The first-order valence-electron chi connectivity index (χ1n) is 8.34. The van der Waals surface area contributed by atoms with E-state index in [1.165, 1.54) is 10.6 Å². The highest BCUT2D eigenvalue weighted by Gasteiger charge is 2.32. The van der Waals surface area contributed by atoms with Crippen LogP contribution >= 0.6 is 0 Å². The van der Waals surface area contributed by atoms with Crippen LogP contribution in [-0.4, -0.2) is 79.9 Å². The third-order valence-corrected chi connectivity index (χ3v) is 6.04. The minimum atomic E-state index is -3.16. The molecule has 0 N–H and O–H groups in total. The zero-order valence-electron chi connectivity index (χ0n) is 14.0. The van der Waals surface area contributed by atoms with Crippen molar-refractivity contribution >= 4 is 21.8 Å². The third-order valence-electron chi connectivity index (χ3n) is 4.73. The van der Waals surface area contributed by atoms with Gasteiger partial charge in [-0.25, -0.2) is 12.7 Å². The fraction of sp³-hybridized carbons (Fsp3) is 0.867. The standard InChI is InChI=1S/C15H27N3O4S/c1-3-14(19)16-7-4-8-17(12-11-16)15(20)13-5-9-18(10-6-13)23(2,21)22/h13H,3-12H2,1-2H3. The Morgan fingerprint density at radius 1 is 0.957 bits per heavy atom. The van der Waals surface area contributed by atoms with Crippen LogP contribution in [-0.2, 0) is 19.6 Å². The van der Waals surface area contributed by atoms with Crippen molar-refractivity contribution in [3.05, 3.63) is 0 Å². The second-order valence-electron chi connectivity index (χ2n) is 6.35. The van der Waals surface area contributed by atoms with Crippen molar-refractivity contribution in [1.82, 2.24) is 14.1 Å². The van der Waals surface area contributed by atoms with Gasteiger partial charge in [0.05, 0.1) is 6.26 Å². The Labute approximate surface area is 138 Å². The van der Waals surface area contributed by atoms with Gasteiger partial charge in [0, 0.05) is 51.6 Å². The Morgan fingerprint density at radius 2 is 1.52 bits per heavy atom. The highest BCUT2D eigenvalue weighted by molar-refractivity contribution is 7.88. The Morgan fingerprint density at radius 3 is 2.09 bits per heavy atom. The highest BCUT2D eigenvalue weighted by Crippen LogP contribution is 2.22. The first-order chi connectivity index (χ1) is 10.8. The SMILES string of the molecule is CCC(=O)N1CCCN(C(=O)C2CCN(S(C)(=O)=O)CC2)CC1. The number of piperidine rings is 1. The van der Waals surface area contributed by atoms with Crippen molar-refractivity contribution in [3.8, 4) is 0 Å². The fourth-order valence-electron chi connectivity index (χ4n) is 3.30. The summed E-state index contributed by atoms with van der Waals surface area (Å²) in [5.74, 6) is 0.158. The number of hydrogen-bond acceptors (Lipinski definition) is 4. The number of carbonyl (C=O) groups is 2. The second kappa shape index (κ2) is 7.61. The average Bonchev–Trinajstić information content (AvgIpc) is 2.78. The largest absolute Gasteiger partial charge is 0.341 e. The molecule has 2 heterocycles. The number of sulfonamides is 1. The molecule has 0 aromatic carbocycles. The maximum absolute atomic E-state index is 12.7. The molecular weight excluding hydrogens is 318 g/mol. The second-order valence-corrected chi connectivity index (χ2v) is 8.33. The Balaban J connectivity index is 1.88. The van der Waals surface area contributed by atoms with E-state index in [-0.39, 0.29) is 17.7 Å². The smallest absolute Gasteiger partial charge is 0.225 e. The molecule has 2 rings (SSSR count). The summed E-state index contributed by atoms with van der Waals surface area (Å²) in [6.45, 7) is 5.26. The van der Waals surface area contributed by atoms with Gasteiger partial charge in [0.15, 0.2) is 0 Å². The number of amides is 2. The van der Waals surface area contributed by atoms with Gasteiger partial charge in [0.2, 0.25) is 21.8 Å². The monoisotopic (exact) mass is 345 g/mol. The first-order valence-corrected chi connectivity index (χ1v) is 10.2. The predicted octanol–water partition coefficient (Wildman–Crippen LogP) is 0.129. The molecule has 23 heavy (non-hydrogen) atoms. The van der Waals surface area contributed by atoms with Crippen LogP contribution in [0.3, 0.4) is 0 Å². The van der Waals surface area contributed by atoms with E-state index in [1.807, 2.05) is 16.7 Å². The summed E-state index contributed by atoms with van der Waals surface area (Å²) in [4.78, 5) is 28.1. The van der Waals surface area contributed by atoms with Gasteiger partial charge in [0.25, 0.3) is 0 Å². The van der Waals surface area contributed by atoms with Crippen molar-refractivity contribution in [3.63, 3.8) is 0 Å². The highest BCUT2D eigenvalue weighted by atomic mass is 32.2. The number of hydrogen-bond donors (Lipinski definition) is 0. The normalized spacial score (nSPS) is 22.0. The Hall–Kier alpha value is -1.15. The molecule has 132 valence electrons. The summed E-state index contributed by atoms with van der Waals surface area (Å²) in [5, 5.41) is 0. The van der Waals surface area contributed by atoms with Crippen molar-refractivity contribution in [2.24, 2.45) is 5.92 Å². The summed E-state index contributed by atoms with van der Waals surface area (Å²) >= 11 is 0. The fourth-order valence-corrected chi connectivity index (χ4v) is 4.18. The third kappa shape index (κ3) is 4.67. The first kappa shape index (κ1) is 18.2. The lowest BCUT2D eigenvalue weighted by molar-refractivity contribution is -0.137. The average molecular weight is 345 g/mol. The number of rotatable bonds is 3. The van der Waals surface area contributed by atoms with Crippen LogP contribution in [0.15, 0.2) is 0 Å². The van der Waals surface area contributed by atoms with Crippen molar-refractivity contribution < 1.29 is 18.0 Å². The molecule has 0 aliphatic carbocycles. The Kier molecular flexibility index (Phi) is 6.02. The molecule has 0 radical (unpaired) electrons. The van der Waals surface area contributed by atoms with Crippen molar-refractivity contribution in [2.45, 2.75) is 32.6 Å². The quantitative estimate of drug-likeness (QED) is 0.728. The lowest BCUT2D eigenvalue weighted by Gasteiger charge is -2.32. The lowest BCUT2D eigenvalue weighted by Crippen LogP contribution is -2.45. The molecule has 2 fully saturated rings. The minimum Gasteiger partial charge on any atom is -0.341 e. The van der Waals surface area contributed by atoms with Gasteiger partial charge in [-0.05, 0) is 19.3 Å². The van der Waals surface area contributed by atoms with E-state index in [4.69, 9.17) is 0 Å². The van der Waals surface area contributed by atoms with Crippen LogP contribution in [0.1, 0.15) is 32.6 Å². The van der Waals surface area contributed by atoms with E-state index in [0.29, 0.717) is 58.5 Å². The van der Waals surface area contributed by atoms with Crippen LogP contribution in [0.5, 0.6) is 0 Å². The molecule has 0 aromatic rings. The number of nitrogens with zero attached hydrogens (tertiary/aromatic N) is 3. The molecule has 0 bridgehead atoms. The summed E-state index contributed by atoms with van der Waals surface area (Å²) in [5.41, 5.74) is 0. The molecule has 0 unspecified atom stereocenters. The molecule has 2 saturated heterocycles. The molecule has 0 atom stereocenters. The van der Waals surface area contributed by atoms with Gasteiger partial charge in [0.1, 0.15) is 0 Å². The van der Waals surface area contributed by atoms with Gasteiger partial charge in [-0.2, -0.15) is 0 Å². The molecule has 0 aromatic heterocycles. The van der Waals surface area contributed by atoms with Gasteiger partial charge < -0.3 is 9.80 Å². The van der Waals surface area contributed by atoms with Gasteiger partial charge >= 0.3 is 0 Å².